The highest BCUT2D eigenvalue weighted by Gasteiger charge is 2.37. The van der Waals surface area contributed by atoms with E-state index in [0.29, 0.717) is 0 Å². The molecule has 0 aromatic heterocycles. The van der Waals surface area contributed by atoms with Gasteiger partial charge in [-0.15, -0.1) is 0 Å². The fourth-order valence-electron chi connectivity index (χ4n) is 2.29. The molecule has 82 valence electrons. The van der Waals surface area contributed by atoms with Crippen LogP contribution in [0.5, 0.6) is 5.75 Å². The summed E-state index contributed by atoms with van der Waals surface area (Å²) in [5.74, 6) is 0.802. The summed E-state index contributed by atoms with van der Waals surface area (Å²) in [5, 5.41) is 9.09. The van der Waals surface area contributed by atoms with Crippen LogP contribution in [0, 0.1) is 0 Å². The highest BCUT2D eigenvalue weighted by molar-refractivity contribution is 5.33. The predicted molar refractivity (Wildman–Crippen MR) is 56.9 cm³/mol. The molecular weight excluding hydrogens is 192 g/mol. The molecular formula is C12H16O3. The molecule has 3 heteroatoms. The summed E-state index contributed by atoms with van der Waals surface area (Å²) in [6.07, 6.45) is 3.93. The zero-order valence-electron chi connectivity index (χ0n) is 8.90. The Bertz CT molecular complexity index is 329. The van der Waals surface area contributed by atoms with Crippen molar-refractivity contribution < 1.29 is 14.9 Å². The lowest BCUT2D eigenvalue weighted by Crippen LogP contribution is -2.24. The summed E-state index contributed by atoms with van der Waals surface area (Å²) >= 11 is 0. The van der Waals surface area contributed by atoms with E-state index in [9.17, 15) is 0 Å². The fourth-order valence-corrected chi connectivity index (χ4v) is 2.29. The average molecular weight is 208 g/mol. The van der Waals surface area contributed by atoms with Crippen molar-refractivity contribution in [1.29, 1.82) is 0 Å². The van der Waals surface area contributed by atoms with Crippen LogP contribution in [0.4, 0.5) is 0 Å². The lowest BCUT2D eigenvalue weighted by molar-refractivity contribution is -0.327. The first-order valence-electron chi connectivity index (χ1n) is 5.28. The van der Waals surface area contributed by atoms with Crippen molar-refractivity contribution in [3.63, 3.8) is 0 Å². The summed E-state index contributed by atoms with van der Waals surface area (Å²) < 4.78 is 5.17. The van der Waals surface area contributed by atoms with Crippen molar-refractivity contribution in [3.8, 4) is 5.75 Å². The molecule has 0 atom stereocenters. The van der Waals surface area contributed by atoms with Gasteiger partial charge in [-0.3, -0.25) is 5.26 Å². The van der Waals surface area contributed by atoms with Crippen LogP contribution in [0.3, 0.4) is 0 Å². The third-order valence-corrected chi connectivity index (χ3v) is 3.18. The third kappa shape index (κ3) is 1.85. The minimum Gasteiger partial charge on any atom is -0.497 e. The van der Waals surface area contributed by atoms with Gasteiger partial charge in [0.2, 0.25) is 0 Å². The number of benzene rings is 1. The standard InChI is InChI=1S/C12H16O3/c1-14-11-6-4-5-10(9-11)12(15-13)7-2-3-8-12/h4-6,9,13H,2-3,7-8H2,1H3. The maximum absolute atomic E-state index is 9.09. The van der Waals surface area contributed by atoms with E-state index in [1.807, 2.05) is 24.3 Å². The lowest BCUT2D eigenvalue weighted by atomic mass is 9.92. The Morgan fingerprint density at radius 2 is 2.00 bits per heavy atom. The van der Waals surface area contributed by atoms with Crippen molar-refractivity contribution in [1.82, 2.24) is 0 Å². The molecule has 0 spiro atoms. The van der Waals surface area contributed by atoms with Crippen molar-refractivity contribution in [2.24, 2.45) is 0 Å². The van der Waals surface area contributed by atoms with E-state index in [2.05, 4.69) is 0 Å². The average Bonchev–Trinajstić information content (AvgIpc) is 2.79. The largest absolute Gasteiger partial charge is 0.497 e. The second-order valence-corrected chi connectivity index (χ2v) is 4.02. The number of rotatable bonds is 3. The quantitative estimate of drug-likeness (QED) is 0.613. The Hall–Kier alpha value is -1.06. The second kappa shape index (κ2) is 4.21. The van der Waals surface area contributed by atoms with Gasteiger partial charge in [0.1, 0.15) is 11.4 Å². The smallest absolute Gasteiger partial charge is 0.128 e. The van der Waals surface area contributed by atoms with Crippen LogP contribution in [-0.2, 0) is 10.5 Å². The minimum absolute atomic E-state index is 0.505. The Morgan fingerprint density at radius 1 is 1.27 bits per heavy atom. The number of methoxy groups -OCH3 is 1. The number of hydrogen-bond donors (Lipinski definition) is 1. The molecule has 0 saturated heterocycles. The second-order valence-electron chi connectivity index (χ2n) is 4.02. The third-order valence-electron chi connectivity index (χ3n) is 3.18. The molecule has 0 unspecified atom stereocenters. The van der Waals surface area contributed by atoms with Crippen LogP contribution in [0.25, 0.3) is 0 Å². The highest BCUT2D eigenvalue weighted by atomic mass is 17.1. The van der Waals surface area contributed by atoms with Crippen molar-refractivity contribution in [3.05, 3.63) is 29.8 Å². The molecule has 0 radical (unpaired) electrons. The first-order chi connectivity index (χ1) is 7.30. The zero-order valence-corrected chi connectivity index (χ0v) is 8.90. The van der Waals surface area contributed by atoms with E-state index in [1.54, 1.807) is 7.11 Å². The molecule has 2 rings (SSSR count). The molecule has 15 heavy (non-hydrogen) atoms. The molecule has 1 fully saturated rings. The Morgan fingerprint density at radius 3 is 2.60 bits per heavy atom. The fraction of sp³-hybridized carbons (Fsp3) is 0.500. The van der Waals surface area contributed by atoms with Gasteiger partial charge in [-0.2, -0.15) is 0 Å². The van der Waals surface area contributed by atoms with Crippen LogP contribution in [0.15, 0.2) is 24.3 Å². The van der Waals surface area contributed by atoms with Gasteiger partial charge in [0.15, 0.2) is 0 Å². The van der Waals surface area contributed by atoms with Gasteiger partial charge in [-0.1, -0.05) is 12.1 Å². The van der Waals surface area contributed by atoms with Crippen LogP contribution < -0.4 is 4.74 Å². The molecule has 0 aliphatic heterocycles. The van der Waals surface area contributed by atoms with Gasteiger partial charge in [-0.05, 0) is 43.4 Å². The number of hydrogen-bond acceptors (Lipinski definition) is 3. The zero-order chi connectivity index (χ0) is 10.7. The summed E-state index contributed by atoms with van der Waals surface area (Å²) in [6.45, 7) is 0. The van der Waals surface area contributed by atoms with Crippen molar-refractivity contribution >= 4 is 0 Å². The molecule has 0 bridgehead atoms. The normalized spacial score (nSPS) is 19.1. The maximum atomic E-state index is 9.09. The van der Waals surface area contributed by atoms with E-state index in [4.69, 9.17) is 14.9 Å². The van der Waals surface area contributed by atoms with Crippen molar-refractivity contribution in [2.75, 3.05) is 7.11 Å². The molecule has 1 N–H and O–H groups in total. The van der Waals surface area contributed by atoms with Crippen LogP contribution in [-0.4, -0.2) is 12.4 Å². The number of ether oxygens (including phenoxy) is 1. The molecule has 0 heterocycles. The molecule has 1 aliphatic rings. The van der Waals surface area contributed by atoms with Gasteiger partial charge in [-0.25, -0.2) is 4.89 Å². The predicted octanol–water partition coefficient (Wildman–Crippen LogP) is 2.95. The van der Waals surface area contributed by atoms with E-state index in [-0.39, 0.29) is 0 Å². The molecule has 3 nitrogen and oxygen atoms in total. The first-order valence-corrected chi connectivity index (χ1v) is 5.28. The Kier molecular flexibility index (Phi) is 2.93. The Balaban J connectivity index is 2.33. The summed E-state index contributed by atoms with van der Waals surface area (Å²) in [6, 6.07) is 7.72. The van der Waals surface area contributed by atoms with E-state index >= 15 is 0 Å². The van der Waals surface area contributed by atoms with Gasteiger partial charge < -0.3 is 4.74 Å². The summed E-state index contributed by atoms with van der Waals surface area (Å²) in [4.78, 5) is 4.73. The molecule has 1 aliphatic carbocycles. The van der Waals surface area contributed by atoms with Gasteiger partial charge >= 0.3 is 0 Å². The van der Waals surface area contributed by atoms with E-state index in [1.165, 1.54) is 0 Å². The molecule has 1 aromatic rings. The van der Waals surface area contributed by atoms with Gasteiger partial charge in [0.05, 0.1) is 7.11 Å². The van der Waals surface area contributed by atoms with Gasteiger partial charge in [0, 0.05) is 0 Å². The monoisotopic (exact) mass is 208 g/mol. The molecule has 1 saturated carbocycles. The Labute approximate surface area is 89.6 Å². The van der Waals surface area contributed by atoms with Crippen LogP contribution in [0.2, 0.25) is 0 Å². The minimum atomic E-state index is -0.505. The van der Waals surface area contributed by atoms with Gasteiger partial charge in [0.25, 0.3) is 0 Å². The summed E-state index contributed by atoms with van der Waals surface area (Å²) in [5.41, 5.74) is 0.496. The maximum Gasteiger partial charge on any atom is 0.128 e. The van der Waals surface area contributed by atoms with E-state index < -0.39 is 5.60 Å². The SMILES string of the molecule is COc1cccc(C2(OO)CCCC2)c1. The topological polar surface area (TPSA) is 38.7 Å². The lowest BCUT2D eigenvalue weighted by Gasteiger charge is -2.25. The van der Waals surface area contributed by atoms with Crippen molar-refractivity contribution in [2.45, 2.75) is 31.3 Å². The van der Waals surface area contributed by atoms with E-state index in [0.717, 1.165) is 37.0 Å². The van der Waals surface area contributed by atoms with Crippen LogP contribution in [0.1, 0.15) is 31.2 Å². The molecule has 1 aromatic carbocycles. The summed E-state index contributed by atoms with van der Waals surface area (Å²) in [7, 11) is 1.64. The highest BCUT2D eigenvalue weighted by Crippen LogP contribution is 2.42. The van der Waals surface area contributed by atoms with Crippen LogP contribution >= 0.6 is 0 Å². The first kappa shape index (κ1) is 10.5. The molecule has 0 amide bonds.